The van der Waals surface area contributed by atoms with Crippen LogP contribution in [0.25, 0.3) is 22.0 Å². The van der Waals surface area contributed by atoms with Crippen LogP contribution in [-0.2, 0) is 0 Å². The molecule has 4 aromatic rings. The largest absolute Gasteiger partial charge is 0.507 e. The second-order valence-corrected chi connectivity index (χ2v) is 7.86. The minimum Gasteiger partial charge on any atom is -0.421 e. The number of benzene rings is 3. The van der Waals surface area contributed by atoms with Crippen molar-refractivity contribution in [2.45, 2.75) is 19.1 Å². The normalized spacial score (nSPS) is 15.6. The van der Waals surface area contributed by atoms with Crippen molar-refractivity contribution in [3.63, 3.8) is 0 Å². The van der Waals surface area contributed by atoms with Gasteiger partial charge in [-0.1, -0.05) is 18.2 Å². The van der Waals surface area contributed by atoms with Gasteiger partial charge in [0.2, 0.25) is 5.95 Å². The van der Waals surface area contributed by atoms with E-state index in [9.17, 15) is 22.4 Å². The van der Waals surface area contributed by atoms with Gasteiger partial charge in [-0.05, 0) is 60.0 Å². The molecule has 0 spiro atoms. The molecule has 0 aliphatic carbocycles. The molecular weight excluding hydrogens is 468 g/mol. The fraction of sp³-hybridized carbons (Fsp3) is 0.125. The first-order valence-electron chi connectivity index (χ1n) is 10.3. The van der Waals surface area contributed by atoms with E-state index in [1.807, 2.05) is 19.1 Å². The Hall–Kier alpha value is -4.41. The molecule has 0 saturated carbocycles. The first-order chi connectivity index (χ1) is 16.5. The predicted molar refractivity (Wildman–Crippen MR) is 120 cm³/mol. The average Bonchev–Trinajstić information content (AvgIpc) is 2.80. The first kappa shape index (κ1) is 22.4. The smallest absolute Gasteiger partial charge is 0.421 e. The second kappa shape index (κ2) is 7.83. The molecule has 0 atom stereocenters. The lowest BCUT2D eigenvalue weighted by Gasteiger charge is -2.32. The molecule has 0 unspecified atom stereocenters. The number of hydrogen-bond acceptors (Lipinski definition) is 6. The third-order valence-corrected chi connectivity index (χ3v) is 5.44. The molecule has 11 heteroatoms. The van der Waals surface area contributed by atoms with Crippen molar-refractivity contribution in [1.29, 1.82) is 0 Å². The van der Waals surface area contributed by atoms with Gasteiger partial charge in [0.1, 0.15) is 0 Å². The molecule has 178 valence electrons. The van der Waals surface area contributed by atoms with E-state index in [1.54, 1.807) is 30.5 Å². The summed E-state index contributed by atoms with van der Waals surface area (Å²) in [6.07, 6.45) is -8.18. The highest BCUT2D eigenvalue weighted by Crippen LogP contribution is 2.49. The highest BCUT2D eigenvalue weighted by atomic mass is 19.3. The van der Waals surface area contributed by atoms with Gasteiger partial charge in [-0.25, -0.2) is 9.97 Å². The van der Waals surface area contributed by atoms with E-state index < -0.39 is 29.6 Å². The minimum absolute atomic E-state index is 0.152. The first-order valence-corrected chi connectivity index (χ1v) is 10.3. The number of fused-ring (bicyclic) bond motifs is 2. The highest BCUT2D eigenvalue weighted by molar-refractivity contribution is 6.06. The molecule has 1 aliphatic heterocycles. The Bertz CT molecular complexity index is 1490. The lowest BCUT2D eigenvalue weighted by molar-refractivity contribution is -0.391. The van der Waals surface area contributed by atoms with E-state index in [0.717, 1.165) is 28.1 Å². The van der Waals surface area contributed by atoms with Gasteiger partial charge < -0.3 is 20.5 Å². The van der Waals surface area contributed by atoms with Crippen LogP contribution in [0.4, 0.5) is 29.2 Å². The van der Waals surface area contributed by atoms with E-state index in [4.69, 9.17) is 5.73 Å². The van der Waals surface area contributed by atoms with E-state index in [-0.39, 0.29) is 17.2 Å². The van der Waals surface area contributed by atoms with Gasteiger partial charge in [0.15, 0.2) is 11.5 Å². The van der Waals surface area contributed by atoms with Crippen LogP contribution in [0.3, 0.4) is 0 Å². The quantitative estimate of drug-likeness (QED) is 0.378. The summed E-state index contributed by atoms with van der Waals surface area (Å²) in [7, 11) is 0. The van der Waals surface area contributed by atoms with Crippen LogP contribution in [0.15, 0.2) is 60.8 Å². The molecule has 1 aliphatic rings. The Kier molecular flexibility index (Phi) is 5.01. The van der Waals surface area contributed by atoms with Crippen LogP contribution in [0, 0.1) is 6.92 Å². The average molecular weight is 484 g/mol. The summed E-state index contributed by atoms with van der Waals surface area (Å²) in [5, 5.41) is 3.18. The van der Waals surface area contributed by atoms with Crippen LogP contribution in [0.2, 0.25) is 0 Å². The summed E-state index contributed by atoms with van der Waals surface area (Å²) >= 11 is 0. The number of aryl methyl sites for hydroxylation is 1. The van der Waals surface area contributed by atoms with Crippen molar-refractivity contribution in [2.24, 2.45) is 0 Å². The third kappa shape index (κ3) is 3.94. The predicted octanol–water partition coefficient (Wildman–Crippen LogP) is 5.40. The number of nitrogens with zero attached hydrogens (tertiary/aromatic N) is 2. The zero-order valence-corrected chi connectivity index (χ0v) is 18.0. The van der Waals surface area contributed by atoms with E-state index in [0.29, 0.717) is 5.52 Å². The number of alkyl halides is 4. The Morgan fingerprint density at radius 1 is 1.00 bits per heavy atom. The number of para-hydroxylation sites is 1. The number of aromatic nitrogens is 2. The van der Waals surface area contributed by atoms with Gasteiger partial charge in [-0.3, -0.25) is 4.79 Å². The molecule has 1 aromatic heterocycles. The van der Waals surface area contributed by atoms with Crippen molar-refractivity contribution in [3.05, 3.63) is 71.9 Å². The van der Waals surface area contributed by atoms with Crippen molar-refractivity contribution in [1.82, 2.24) is 9.97 Å². The zero-order chi connectivity index (χ0) is 25.0. The number of anilines is 2. The summed E-state index contributed by atoms with van der Waals surface area (Å²) in [4.78, 5) is 21.1. The lowest BCUT2D eigenvalue weighted by Crippen LogP contribution is -2.52. The number of nitrogens with one attached hydrogen (secondary N) is 1. The van der Waals surface area contributed by atoms with Crippen LogP contribution < -0.4 is 20.5 Å². The molecular formula is C24H16F4N4O3. The van der Waals surface area contributed by atoms with Gasteiger partial charge in [0.25, 0.3) is 5.91 Å². The van der Waals surface area contributed by atoms with Crippen molar-refractivity contribution >= 4 is 28.4 Å². The van der Waals surface area contributed by atoms with Gasteiger partial charge in [-0.15, -0.1) is 0 Å². The Morgan fingerprint density at radius 3 is 2.57 bits per heavy atom. The summed E-state index contributed by atoms with van der Waals surface area (Å²) < 4.78 is 62.7. The maximum absolute atomic E-state index is 13.7. The molecule has 0 bridgehead atoms. The molecule has 5 rings (SSSR count). The van der Waals surface area contributed by atoms with Gasteiger partial charge in [0, 0.05) is 17.1 Å². The molecule has 7 nitrogen and oxygen atoms in total. The Balaban J connectivity index is 1.47. The number of nitrogens with two attached hydrogens (primary N) is 1. The molecule has 35 heavy (non-hydrogen) atoms. The van der Waals surface area contributed by atoms with Crippen LogP contribution >= 0.6 is 0 Å². The number of halogens is 4. The van der Waals surface area contributed by atoms with Crippen LogP contribution in [0.1, 0.15) is 15.9 Å². The van der Waals surface area contributed by atoms with E-state index in [1.165, 1.54) is 12.1 Å². The molecule has 2 heterocycles. The SMILES string of the molecule is Cc1ccc(C(=O)Nc2cccc3c2OC(F)(F)C(F)(F)O3)cc1-c1ccc2nc(N)ncc2c1. The van der Waals surface area contributed by atoms with Gasteiger partial charge in [-0.2, -0.15) is 17.6 Å². The Morgan fingerprint density at radius 2 is 1.77 bits per heavy atom. The van der Waals surface area contributed by atoms with Crippen molar-refractivity contribution in [3.8, 4) is 22.6 Å². The Labute approximate surface area is 195 Å². The number of carbonyl (C=O) groups is 1. The van der Waals surface area contributed by atoms with Gasteiger partial charge in [0.05, 0.1) is 11.2 Å². The fourth-order valence-electron chi connectivity index (χ4n) is 3.67. The number of rotatable bonds is 3. The number of amides is 1. The number of ether oxygens (including phenoxy) is 2. The number of carbonyl (C=O) groups excluding carboxylic acids is 1. The van der Waals surface area contributed by atoms with Crippen LogP contribution in [-0.4, -0.2) is 28.1 Å². The third-order valence-electron chi connectivity index (χ3n) is 5.44. The fourth-order valence-corrected chi connectivity index (χ4v) is 3.67. The molecule has 1 amide bonds. The molecule has 3 aromatic carbocycles. The van der Waals surface area contributed by atoms with Gasteiger partial charge >= 0.3 is 12.2 Å². The molecule has 0 fully saturated rings. The standard InChI is InChI=1S/C24H16F4N4O3/c1-12-5-6-14(10-16(12)13-7-8-17-15(9-13)11-30-22(29)32-17)21(33)31-18-3-2-4-19-20(18)35-24(27,28)23(25,26)34-19/h2-11H,1H3,(H,31,33)(H2,29,30,32). The van der Waals surface area contributed by atoms with Crippen molar-refractivity contribution in [2.75, 3.05) is 11.1 Å². The maximum Gasteiger partial charge on any atom is 0.507 e. The number of nitrogen functional groups attached to an aromatic ring is 1. The molecule has 0 radical (unpaired) electrons. The zero-order valence-electron chi connectivity index (χ0n) is 18.0. The lowest BCUT2D eigenvalue weighted by atomic mass is 9.97. The topological polar surface area (TPSA) is 99.4 Å². The summed E-state index contributed by atoms with van der Waals surface area (Å²) in [5.41, 5.74) is 8.62. The van der Waals surface area contributed by atoms with E-state index in [2.05, 4.69) is 24.8 Å². The summed E-state index contributed by atoms with van der Waals surface area (Å²) in [5.74, 6) is -1.83. The number of hydrogen-bond donors (Lipinski definition) is 2. The molecule has 3 N–H and O–H groups in total. The van der Waals surface area contributed by atoms with Crippen molar-refractivity contribution < 1.29 is 31.8 Å². The maximum atomic E-state index is 13.7. The second-order valence-electron chi connectivity index (χ2n) is 7.86. The summed E-state index contributed by atoms with van der Waals surface area (Å²) in [6.45, 7) is 1.86. The highest BCUT2D eigenvalue weighted by Gasteiger charge is 2.66. The van der Waals surface area contributed by atoms with Crippen LogP contribution in [0.5, 0.6) is 11.5 Å². The molecule has 0 saturated heterocycles. The van der Waals surface area contributed by atoms with E-state index >= 15 is 0 Å². The minimum atomic E-state index is -4.91. The monoisotopic (exact) mass is 484 g/mol. The summed E-state index contributed by atoms with van der Waals surface area (Å²) in [6, 6.07) is 13.9.